The number of ether oxygens (including phenoxy) is 1. The molecule has 1 atom stereocenters. The van der Waals surface area contributed by atoms with Crippen LogP contribution in [0.3, 0.4) is 0 Å². The lowest BCUT2D eigenvalue weighted by atomic mass is 10.3. The average Bonchev–Trinajstić information content (AvgIpc) is 2.99. The zero-order valence-corrected chi connectivity index (χ0v) is 9.55. The van der Waals surface area contributed by atoms with Crippen molar-refractivity contribution < 1.29 is 13.5 Å². The molecule has 0 heterocycles. The lowest BCUT2D eigenvalue weighted by molar-refractivity contribution is 0.292. The number of hydrogen-bond donors (Lipinski definition) is 1. The van der Waals surface area contributed by atoms with Gasteiger partial charge in [-0.3, -0.25) is 0 Å². The molecule has 0 radical (unpaired) electrons. The van der Waals surface area contributed by atoms with Crippen LogP contribution in [0.25, 0.3) is 0 Å². The van der Waals surface area contributed by atoms with Crippen LogP contribution in [0, 0.1) is 5.92 Å². The van der Waals surface area contributed by atoms with E-state index in [4.69, 9.17) is 20.9 Å². The highest BCUT2D eigenvalue weighted by atomic mass is 35.5. The van der Waals surface area contributed by atoms with Crippen LogP contribution in [0.1, 0.15) is 12.8 Å². The topological polar surface area (TPSA) is 46.5 Å². The van der Waals surface area contributed by atoms with Gasteiger partial charge in [-0.2, -0.15) is 0 Å². The fraction of sp³-hybridized carbons (Fsp3) is 0.400. The van der Waals surface area contributed by atoms with Gasteiger partial charge in [0.2, 0.25) is 0 Å². The average molecular weight is 247 g/mol. The first-order valence-electron chi connectivity index (χ1n) is 4.70. The Bertz CT molecular complexity index is 390. The fourth-order valence-corrected chi connectivity index (χ4v) is 1.99. The van der Waals surface area contributed by atoms with Gasteiger partial charge in [0.25, 0.3) is 0 Å². The second-order valence-corrected chi connectivity index (χ2v) is 4.97. The van der Waals surface area contributed by atoms with Crippen molar-refractivity contribution in [2.75, 3.05) is 6.61 Å². The summed E-state index contributed by atoms with van der Waals surface area (Å²) in [5.74, 6) is 1.06. The maximum atomic E-state index is 11.0. The van der Waals surface area contributed by atoms with Crippen molar-refractivity contribution in [2.45, 2.75) is 17.7 Å². The summed E-state index contributed by atoms with van der Waals surface area (Å²) in [7, 11) is 0. The Kier molecular flexibility index (Phi) is 3.29. The molecule has 5 heteroatoms. The standard InChI is InChI=1S/C10H11ClO3S/c11-8-3-4-9(10(5-8)15(12)13)14-6-7-1-2-7/h3-5,7H,1-2,6H2,(H,12,13). The normalized spacial score (nSPS) is 17.5. The third kappa shape index (κ3) is 2.93. The largest absolute Gasteiger partial charge is 0.492 e. The summed E-state index contributed by atoms with van der Waals surface area (Å²) in [5, 5.41) is 0.436. The summed E-state index contributed by atoms with van der Waals surface area (Å²) in [6.07, 6.45) is 2.37. The van der Waals surface area contributed by atoms with Crippen LogP contribution < -0.4 is 4.74 Å². The molecule has 1 unspecified atom stereocenters. The number of benzene rings is 1. The molecule has 1 aliphatic rings. The molecule has 0 bridgehead atoms. The molecule has 0 aromatic heterocycles. The highest BCUT2D eigenvalue weighted by molar-refractivity contribution is 7.79. The lowest BCUT2D eigenvalue weighted by Crippen LogP contribution is -2.02. The fourth-order valence-electron chi connectivity index (χ4n) is 1.23. The van der Waals surface area contributed by atoms with Gasteiger partial charge < -0.3 is 9.29 Å². The molecule has 0 spiro atoms. The van der Waals surface area contributed by atoms with Gasteiger partial charge in [0.05, 0.1) is 6.61 Å². The van der Waals surface area contributed by atoms with Crippen molar-refractivity contribution in [1.29, 1.82) is 0 Å². The molecule has 1 fully saturated rings. The molecule has 82 valence electrons. The van der Waals surface area contributed by atoms with Crippen LogP contribution in [0.4, 0.5) is 0 Å². The monoisotopic (exact) mass is 246 g/mol. The smallest absolute Gasteiger partial charge is 0.190 e. The molecule has 1 aromatic rings. The molecule has 3 nitrogen and oxygen atoms in total. The van der Waals surface area contributed by atoms with Gasteiger partial charge in [-0.25, -0.2) is 4.21 Å². The summed E-state index contributed by atoms with van der Waals surface area (Å²) < 4.78 is 25.5. The van der Waals surface area contributed by atoms with E-state index in [9.17, 15) is 4.21 Å². The zero-order valence-electron chi connectivity index (χ0n) is 7.98. The first-order chi connectivity index (χ1) is 7.16. The maximum absolute atomic E-state index is 11.0. The van der Waals surface area contributed by atoms with Crippen molar-refractivity contribution in [3.63, 3.8) is 0 Å². The van der Waals surface area contributed by atoms with Crippen molar-refractivity contribution >= 4 is 22.7 Å². The second kappa shape index (κ2) is 4.51. The van der Waals surface area contributed by atoms with Crippen LogP contribution in [-0.2, 0) is 11.1 Å². The third-order valence-corrected chi connectivity index (χ3v) is 3.20. The molecule has 2 rings (SSSR count). The van der Waals surface area contributed by atoms with Gasteiger partial charge in [0, 0.05) is 5.02 Å². The predicted octanol–water partition coefficient (Wildman–Crippen LogP) is 2.71. The van der Waals surface area contributed by atoms with E-state index in [2.05, 4.69) is 0 Å². The summed E-state index contributed by atoms with van der Waals surface area (Å²) in [6.45, 7) is 0.617. The first-order valence-corrected chi connectivity index (χ1v) is 6.18. The SMILES string of the molecule is O=S(O)c1cc(Cl)ccc1OCC1CC1. The van der Waals surface area contributed by atoms with Crippen LogP contribution in [-0.4, -0.2) is 15.4 Å². The van der Waals surface area contributed by atoms with Gasteiger partial charge in [0.15, 0.2) is 11.1 Å². The second-order valence-electron chi connectivity index (χ2n) is 3.59. The van der Waals surface area contributed by atoms with Crippen LogP contribution in [0.5, 0.6) is 5.75 Å². The van der Waals surface area contributed by atoms with E-state index in [-0.39, 0.29) is 4.90 Å². The van der Waals surface area contributed by atoms with E-state index >= 15 is 0 Å². The minimum atomic E-state index is -2.05. The van der Waals surface area contributed by atoms with E-state index < -0.39 is 11.1 Å². The van der Waals surface area contributed by atoms with E-state index in [1.54, 1.807) is 12.1 Å². The van der Waals surface area contributed by atoms with Gasteiger partial charge in [-0.1, -0.05) is 11.6 Å². The molecule has 1 N–H and O–H groups in total. The minimum absolute atomic E-state index is 0.239. The third-order valence-electron chi connectivity index (χ3n) is 2.27. The summed E-state index contributed by atoms with van der Waals surface area (Å²) in [4.78, 5) is 0.239. The summed E-state index contributed by atoms with van der Waals surface area (Å²) in [5.41, 5.74) is 0. The Hall–Kier alpha value is -0.580. The Labute approximate surface area is 95.7 Å². The first kappa shape index (κ1) is 10.9. The lowest BCUT2D eigenvalue weighted by Gasteiger charge is -2.08. The van der Waals surface area contributed by atoms with Crippen molar-refractivity contribution in [1.82, 2.24) is 0 Å². The van der Waals surface area contributed by atoms with Crippen molar-refractivity contribution in [3.8, 4) is 5.75 Å². The van der Waals surface area contributed by atoms with Gasteiger partial charge in [0.1, 0.15) is 10.6 Å². The van der Waals surface area contributed by atoms with Crippen LogP contribution in [0.2, 0.25) is 5.02 Å². The highest BCUT2D eigenvalue weighted by Crippen LogP contribution is 2.31. The minimum Gasteiger partial charge on any atom is -0.492 e. The molecule has 1 aromatic carbocycles. The van der Waals surface area contributed by atoms with E-state index in [1.807, 2.05) is 0 Å². The molecule has 0 aliphatic heterocycles. The number of halogens is 1. The highest BCUT2D eigenvalue weighted by Gasteiger charge is 2.22. The predicted molar refractivity (Wildman–Crippen MR) is 58.7 cm³/mol. The van der Waals surface area contributed by atoms with Gasteiger partial charge in [-0.15, -0.1) is 0 Å². The van der Waals surface area contributed by atoms with E-state index in [0.717, 1.165) is 0 Å². The van der Waals surface area contributed by atoms with Crippen LogP contribution in [0.15, 0.2) is 23.1 Å². The number of hydrogen-bond acceptors (Lipinski definition) is 2. The molecule has 0 saturated heterocycles. The molecule has 15 heavy (non-hydrogen) atoms. The molecule has 1 aliphatic carbocycles. The maximum Gasteiger partial charge on any atom is 0.190 e. The Balaban J connectivity index is 2.15. The molecular formula is C10H11ClO3S. The Morgan fingerprint density at radius 2 is 2.27 bits per heavy atom. The van der Waals surface area contributed by atoms with Crippen molar-refractivity contribution in [2.24, 2.45) is 5.92 Å². The van der Waals surface area contributed by atoms with Crippen LogP contribution >= 0.6 is 11.6 Å². The summed E-state index contributed by atoms with van der Waals surface area (Å²) >= 11 is 3.68. The zero-order chi connectivity index (χ0) is 10.8. The Morgan fingerprint density at radius 1 is 1.53 bits per heavy atom. The molecule has 0 amide bonds. The van der Waals surface area contributed by atoms with E-state index in [1.165, 1.54) is 18.9 Å². The van der Waals surface area contributed by atoms with Gasteiger partial charge in [-0.05, 0) is 37.0 Å². The van der Waals surface area contributed by atoms with Crippen molar-refractivity contribution in [3.05, 3.63) is 23.2 Å². The molecule has 1 saturated carbocycles. The number of rotatable bonds is 4. The quantitative estimate of drug-likeness (QED) is 0.831. The molecular weight excluding hydrogens is 236 g/mol. The van der Waals surface area contributed by atoms with Gasteiger partial charge >= 0.3 is 0 Å². The van der Waals surface area contributed by atoms with E-state index in [0.29, 0.717) is 23.3 Å². The Morgan fingerprint density at radius 3 is 2.87 bits per heavy atom. The summed E-state index contributed by atoms with van der Waals surface area (Å²) in [6, 6.07) is 4.74.